The van der Waals surface area contributed by atoms with Gasteiger partial charge in [-0.3, -0.25) is 0 Å². The lowest BCUT2D eigenvalue weighted by Gasteiger charge is -2.12. The third kappa shape index (κ3) is 2.58. The molecular formula is C11H14ClN. The molecule has 1 rings (SSSR count). The molecule has 2 N–H and O–H groups in total. The van der Waals surface area contributed by atoms with Crippen LogP contribution in [0.4, 0.5) is 0 Å². The van der Waals surface area contributed by atoms with Crippen LogP contribution in [0.3, 0.4) is 0 Å². The largest absolute Gasteiger partial charge is 0.324 e. The van der Waals surface area contributed by atoms with E-state index < -0.39 is 0 Å². The van der Waals surface area contributed by atoms with Crippen LogP contribution in [0, 0.1) is 6.92 Å². The summed E-state index contributed by atoms with van der Waals surface area (Å²) in [5.41, 5.74) is 8.10. The van der Waals surface area contributed by atoms with E-state index in [-0.39, 0.29) is 6.04 Å². The molecule has 13 heavy (non-hydrogen) atoms. The molecule has 0 aromatic heterocycles. The van der Waals surface area contributed by atoms with Gasteiger partial charge in [0.15, 0.2) is 0 Å². The maximum atomic E-state index is 6.01. The lowest BCUT2D eigenvalue weighted by atomic mass is 10.0. The zero-order chi connectivity index (χ0) is 9.84. The summed E-state index contributed by atoms with van der Waals surface area (Å²) in [5.74, 6) is 0. The number of hydrogen-bond donors (Lipinski definition) is 1. The predicted molar refractivity (Wildman–Crippen MR) is 57.9 cm³/mol. The maximum Gasteiger partial charge on any atom is 0.0454 e. The molecule has 0 heterocycles. The van der Waals surface area contributed by atoms with Crippen LogP contribution in [-0.4, -0.2) is 0 Å². The molecule has 2 heteroatoms. The van der Waals surface area contributed by atoms with Crippen molar-refractivity contribution in [3.05, 3.63) is 47.0 Å². The maximum absolute atomic E-state index is 6.01. The summed E-state index contributed by atoms with van der Waals surface area (Å²) in [6.45, 7) is 5.68. The zero-order valence-electron chi connectivity index (χ0n) is 7.76. The Balaban J connectivity index is 2.97. The van der Waals surface area contributed by atoms with Crippen molar-refractivity contribution in [1.29, 1.82) is 0 Å². The number of nitrogens with two attached hydrogens (primary N) is 1. The Kier molecular flexibility index (Phi) is 3.52. The van der Waals surface area contributed by atoms with Gasteiger partial charge in [0.05, 0.1) is 0 Å². The average molecular weight is 196 g/mol. The van der Waals surface area contributed by atoms with Gasteiger partial charge in [0, 0.05) is 11.1 Å². The van der Waals surface area contributed by atoms with Gasteiger partial charge in [0.1, 0.15) is 0 Å². The molecule has 1 aromatic carbocycles. The van der Waals surface area contributed by atoms with E-state index in [0.29, 0.717) is 0 Å². The first-order valence-corrected chi connectivity index (χ1v) is 4.65. The van der Waals surface area contributed by atoms with Gasteiger partial charge in [0.25, 0.3) is 0 Å². The van der Waals surface area contributed by atoms with Gasteiger partial charge in [-0.05, 0) is 25.0 Å². The first-order chi connectivity index (χ1) is 6.15. The van der Waals surface area contributed by atoms with Crippen LogP contribution in [0.1, 0.15) is 23.6 Å². The minimum absolute atomic E-state index is 0.0371. The molecule has 0 radical (unpaired) electrons. The van der Waals surface area contributed by atoms with E-state index in [9.17, 15) is 0 Å². The number of aryl methyl sites for hydroxylation is 1. The van der Waals surface area contributed by atoms with Gasteiger partial charge in [-0.2, -0.15) is 0 Å². The van der Waals surface area contributed by atoms with Gasteiger partial charge in [0.2, 0.25) is 0 Å². The van der Waals surface area contributed by atoms with E-state index in [4.69, 9.17) is 17.3 Å². The Morgan fingerprint density at radius 3 is 2.92 bits per heavy atom. The summed E-state index contributed by atoms with van der Waals surface area (Å²) in [6.07, 6.45) is 2.56. The Morgan fingerprint density at radius 2 is 2.31 bits per heavy atom. The van der Waals surface area contributed by atoms with Crippen LogP contribution in [0.2, 0.25) is 5.02 Å². The van der Waals surface area contributed by atoms with E-state index in [1.807, 2.05) is 31.2 Å². The van der Waals surface area contributed by atoms with Crippen molar-refractivity contribution in [2.45, 2.75) is 19.4 Å². The molecular weight excluding hydrogens is 182 g/mol. The minimum Gasteiger partial charge on any atom is -0.324 e. The molecule has 0 aliphatic carbocycles. The Morgan fingerprint density at radius 1 is 1.62 bits per heavy atom. The molecule has 0 saturated carbocycles. The topological polar surface area (TPSA) is 26.0 Å². The van der Waals surface area contributed by atoms with Crippen LogP contribution in [0.15, 0.2) is 30.9 Å². The Hall–Kier alpha value is -0.790. The molecule has 70 valence electrons. The van der Waals surface area contributed by atoms with Gasteiger partial charge in [-0.1, -0.05) is 35.4 Å². The summed E-state index contributed by atoms with van der Waals surface area (Å²) in [6, 6.07) is 5.85. The van der Waals surface area contributed by atoms with E-state index in [1.165, 1.54) is 5.56 Å². The van der Waals surface area contributed by atoms with Gasteiger partial charge in [-0.25, -0.2) is 0 Å². The normalized spacial score (nSPS) is 12.5. The summed E-state index contributed by atoms with van der Waals surface area (Å²) >= 11 is 6.01. The van der Waals surface area contributed by atoms with E-state index in [2.05, 4.69) is 6.58 Å². The van der Waals surface area contributed by atoms with Crippen molar-refractivity contribution < 1.29 is 0 Å². The first kappa shape index (κ1) is 10.3. The van der Waals surface area contributed by atoms with Crippen molar-refractivity contribution in [1.82, 2.24) is 0 Å². The Bertz CT molecular complexity index is 307. The molecule has 0 spiro atoms. The molecule has 0 saturated heterocycles. The monoisotopic (exact) mass is 195 g/mol. The average Bonchev–Trinajstić information content (AvgIpc) is 2.09. The quantitative estimate of drug-likeness (QED) is 0.737. The highest BCUT2D eigenvalue weighted by Gasteiger charge is 2.07. The lowest BCUT2D eigenvalue weighted by Crippen LogP contribution is -2.09. The molecule has 0 aliphatic heterocycles. The summed E-state index contributed by atoms with van der Waals surface area (Å²) in [5, 5.41) is 0.736. The minimum atomic E-state index is -0.0371. The summed E-state index contributed by atoms with van der Waals surface area (Å²) < 4.78 is 0. The summed E-state index contributed by atoms with van der Waals surface area (Å²) in [4.78, 5) is 0. The van der Waals surface area contributed by atoms with Gasteiger partial charge < -0.3 is 5.73 Å². The standard InChI is InChI=1S/C11H14ClN/c1-3-4-11(13)9-7-8(2)5-6-10(9)12/h3,5-7,11H,1,4,13H2,2H3/t11-/m1/s1. The van der Waals surface area contributed by atoms with Crippen molar-refractivity contribution >= 4 is 11.6 Å². The molecule has 0 fully saturated rings. The molecule has 0 unspecified atom stereocenters. The molecule has 1 nitrogen and oxygen atoms in total. The van der Waals surface area contributed by atoms with Crippen LogP contribution < -0.4 is 5.73 Å². The van der Waals surface area contributed by atoms with Crippen molar-refractivity contribution in [2.75, 3.05) is 0 Å². The zero-order valence-corrected chi connectivity index (χ0v) is 8.51. The molecule has 0 amide bonds. The second kappa shape index (κ2) is 4.45. The fourth-order valence-corrected chi connectivity index (χ4v) is 1.51. The highest BCUT2D eigenvalue weighted by atomic mass is 35.5. The van der Waals surface area contributed by atoms with Crippen molar-refractivity contribution in [3.8, 4) is 0 Å². The SMILES string of the molecule is C=CC[C@@H](N)c1cc(C)ccc1Cl. The molecule has 0 bridgehead atoms. The van der Waals surface area contributed by atoms with Gasteiger partial charge in [-0.15, -0.1) is 6.58 Å². The van der Waals surface area contributed by atoms with Crippen LogP contribution >= 0.6 is 11.6 Å². The number of rotatable bonds is 3. The first-order valence-electron chi connectivity index (χ1n) is 4.27. The number of hydrogen-bond acceptors (Lipinski definition) is 1. The fraction of sp³-hybridized carbons (Fsp3) is 0.273. The molecule has 1 aromatic rings. The van der Waals surface area contributed by atoms with E-state index >= 15 is 0 Å². The number of benzene rings is 1. The van der Waals surface area contributed by atoms with Crippen LogP contribution in [0.25, 0.3) is 0 Å². The second-order valence-corrected chi connectivity index (χ2v) is 3.56. The fourth-order valence-electron chi connectivity index (χ4n) is 1.25. The Labute approximate surface area is 84.2 Å². The molecule has 0 aliphatic rings. The van der Waals surface area contributed by atoms with Crippen molar-refractivity contribution in [2.24, 2.45) is 5.73 Å². The van der Waals surface area contributed by atoms with E-state index in [0.717, 1.165) is 17.0 Å². The smallest absolute Gasteiger partial charge is 0.0454 e. The predicted octanol–water partition coefficient (Wildman–Crippen LogP) is 3.22. The summed E-state index contributed by atoms with van der Waals surface area (Å²) in [7, 11) is 0. The highest BCUT2D eigenvalue weighted by molar-refractivity contribution is 6.31. The van der Waals surface area contributed by atoms with Crippen LogP contribution in [-0.2, 0) is 0 Å². The third-order valence-electron chi connectivity index (χ3n) is 1.97. The molecule has 1 atom stereocenters. The van der Waals surface area contributed by atoms with Crippen LogP contribution in [0.5, 0.6) is 0 Å². The highest BCUT2D eigenvalue weighted by Crippen LogP contribution is 2.24. The number of halogens is 1. The second-order valence-electron chi connectivity index (χ2n) is 3.16. The lowest BCUT2D eigenvalue weighted by molar-refractivity contribution is 0.741. The third-order valence-corrected chi connectivity index (χ3v) is 2.32. The van der Waals surface area contributed by atoms with Gasteiger partial charge >= 0.3 is 0 Å². The van der Waals surface area contributed by atoms with Crippen molar-refractivity contribution in [3.63, 3.8) is 0 Å². The van der Waals surface area contributed by atoms with E-state index in [1.54, 1.807) is 0 Å².